The highest BCUT2D eigenvalue weighted by Gasteiger charge is 2.36. The van der Waals surface area contributed by atoms with Crippen LogP contribution >= 0.6 is 0 Å². The van der Waals surface area contributed by atoms with Gasteiger partial charge < -0.3 is 0 Å². The second-order valence-electron chi connectivity index (χ2n) is 9.34. The van der Waals surface area contributed by atoms with Crippen LogP contribution in [0.4, 0.5) is 0 Å². The average Bonchev–Trinajstić information content (AvgIpc) is 2.77. The first-order chi connectivity index (χ1) is 14.6. The largest absolute Gasteiger partial charge is 0.0795 e. The second-order valence-corrected chi connectivity index (χ2v) is 9.34. The topological polar surface area (TPSA) is 0 Å². The lowest BCUT2D eigenvalue weighted by Gasteiger charge is -2.37. The van der Waals surface area contributed by atoms with Crippen LogP contribution in [0.1, 0.15) is 36.1 Å². The van der Waals surface area contributed by atoms with Crippen molar-refractivity contribution in [3.63, 3.8) is 0 Å². The van der Waals surface area contributed by atoms with Crippen LogP contribution in [0.15, 0.2) is 78.9 Å². The Kier molecular flexibility index (Phi) is 2.96. The fourth-order valence-corrected chi connectivity index (χ4v) is 6.02. The smallest absolute Gasteiger partial charge is 0.0159 e. The molecule has 0 radical (unpaired) electrons. The summed E-state index contributed by atoms with van der Waals surface area (Å²) in [6, 6.07) is 27.5. The summed E-state index contributed by atoms with van der Waals surface area (Å²) in [7, 11) is 0. The van der Waals surface area contributed by atoms with E-state index in [1.165, 1.54) is 65.7 Å². The number of allylic oxidation sites excluding steroid dienone is 1. The van der Waals surface area contributed by atoms with Crippen molar-refractivity contribution >= 4 is 38.4 Å². The molecule has 7 rings (SSSR count). The first kappa shape index (κ1) is 16.4. The molecular formula is C30H22. The lowest BCUT2D eigenvalue weighted by atomic mass is 9.66. The SMILES string of the molecule is CC1(C)c2cc3c4c(cccc4c2-c2c4ccccc4cc4cccc1c24)C=CC3. The van der Waals surface area contributed by atoms with Crippen LogP contribution in [-0.2, 0) is 11.8 Å². The van der Waals surface area contributed by atoms with E-state index in [1.54, 1.807) is 0 Å². The standard InChI is InChI=1S/C30H22/c1-30(2)24-15-7-12-20-16-19-8-3-4-13-22(19)29(27(20)24)28-23-14-6-10-18-9-5-11-21(26(18)23)17-25(28)30/h3-10,12-17H,11H2,1-2H3. The van der Waals surface area contributed by atoms with Gasteiger partial charge in [-0.1, -0.05) is 92.7 Å². The third kappa shape index (κ3) is 1.87. The molecule has 0 aliphatic heterocycles. The van der Waals surface area contributed by atoms with Crippen LogP contribution in [-0.4, -0.2) is 0 Å². The minimum atomic E-state index is -0.0356. The summed E-state index contributed by atoms with van der Waals surface area (Å²) in [4.78, 5) is 0. The lowest BCUT2D eigenvalue weighted by molar-refractivity contribution is 0.645. The van der Waals surface area contributed by atoms with E-state index < -0.39 is 0 Å². The molecule has 0 heterocycles. The van der Waals surface area contributed by atoms with Crippen LogP contribution in [0.25, 0.3) is 49.5 Å². The maximum atomic E-state index is 2.51. The zero-order valence-electron chi connectivity index (χ0n) is 17.3. The van der Waals surface area contributed by atoms with Crippen molar-refractivity contribution in [1.29, 1.82) is 0 Å². The molecule has 5 aromatic carbocycles. The Morgan fingerprint density at radius 2 is 1.47 bits per heavy atom. The van der Waals surface area contributed by atoms with Gasteiger partial charge in [0.25, 0.3) is 0 Å². The molecular weight excluding hydrogens is 360 g/mol. The fraction of sp³-hybridized carbons (Fsp3) is 0.133. The van der Waals surface area contributed by atoms with Crippen LogP contribution in [0.2, 0.25) is 0 Å². The summed E-state index contributed by atoms with van der Waals surface area (Å²) in [5, 5.41) is 8.31. The van der Waals surface area contributed by atoms with Gasteiger partial charge in [-0.3, -0.25) is 0 Å². The highest BCUT2D eigenvalue weighted by molar-refractivity contribution is 6.21. The van der Waals surface area contributed by atoms with Crippen molar-refractivity contribution in [2.45, 2.75) is 25.7 Å². The molecule has 0 bridgehead atoms. The molecule has 30 heavy (non-hydrogen) atoms. The van der Waals surface area contributed by atoms with Gasteiger partial charge in [-0.15, -0.1) is 0 Å². The van der Waals surface area contributed by atoms with Crippen LogP contribution in [0.5, 0.6) is 0 Å². The van der Waals surface area contributed by atoms with Crippen molar-refractivity contribution in [2.24, 2.45) is 0 Å². The minimum absolute atomic E-state index is 0.0356. The first-order valence-corrected chi connectivity index (χ1v) is 10.9. The maximum absolute atomic E-state index is 2.51. The Labute approximate surface area is 176 Å². The van der Waals surface area contributed by atoms with Gasteiger partial charge in [-0.05, 0) is 78.2 Å². The van der Waals surface area contributed by atoms with Crippen molar-refractivity contribution in [3.05, 3.63) is 101 Å². The third-order valence-electron chi connectivity index (χ3n) is 7.39. The molecule has 0 heteroatoms. The van der Waals surface area contributed by atoms with Crippen molar-refractivity contribution in [2.75, 3.05) is 0 Å². The summed E-state index contributed by atoms with van der Waals surface area (Å²) < 4.78 is 0. The van der Waals surface area contributed by atoms with Gasteiger partial charge in [-0.2, -0.15) is 0 Å². The number of benzene rings is 5. The Morgan fingerprint density at radius 3 is 2.40 bits per heavy atom. The first-order valence-electron chi connectivity index (χ1n) is 10.9. The molecule has 0 amide bonds. The van der Waals surface area contributed by atoms with Gasteiger partial charge in [0.05, 0.1) is 0 Å². The van der Waals surface area contributed by atoms with E-state index in [0.717, 1.165) is 6.42 Å². The van der Waals surface area contributed by atoms with Crippen molar-refractivity contribution < 1.29 is 0 Å². The molecule has 0 aromatic heterocycles. The van der Waals surface area contributed by atoms with Gasteiger partial charge in [0.1, 0.15) is 0 Å². The number of fused-ring (bicyclic) bond motifs is 5. The molecule has 0 fully saturated rings. The average molecular weight is 383 g/mol. The van der Waals surface area contributed by atoms with Gasteiger partial charge in [0, 0.05) is 5.41 Å². The normalized spacial score (nSPS) is 15.7. The summed E-state index contributed by atoms with van der Waals surface area (Å²) in [5.74, 6) is 0. The van der Waals surface area contributed by atoms with E-state index in [9.17, 15) is 0 Å². The van der Waals surface area contributed by atoms with Gasteiger partial charge in [-0.25, -0.2) is 0 Å². The Balaban J connectivity index is 1.82. The van der Waals surface area contributed by atoms with Crippen LogP contribution < -0.4 is 0 Å². The molecule has 2 aliphatic rings. The van der Waals surface area contributed by atoms with Gasteiger partial charge in [0.15, 0.2) is 0 Å². The Hall–Kier alpha value is -3.38. The third-order valence-corrected chi connectivity index (χ3v) is 7.39. The molecule has 0 saturated carbocycles. The molecule has 0 unspecified atom stereocenters. The zero-order valence-corrected chi connectivity index (χ0v) is 17.3. The van der Waals surface area contributed by atoms with Crippen molar-refractivity contribution in [1.82, 2.24) is 0 Å². The van der Waals surface area contributed by atoms with Gasteiger partial charge in [0.2, 0.25) is 0 Å². The van der Waals surface area contributed by atoms with E-state index in [2.05, 4.69) is 98.8 Å². The van der Waals surface area contributed by atoms with E-state index >= 15 is 0 Å². The van der Waals surface area contributed by atoms with E-state index in [-0.39, 0.29) is 5.41 Å². The fourth-order valence-electron chi connectivity index (χ4n) is 6.02. The molecule has 0 N–H and O–H groups in total. The van der Waals surface area contributed by atoms with Crippen molar-refractivity contribution in [3.8, 4) is 11.1 Å². The quantitative estimate of drug-likeness (QED) is 0.238. The Bertz CT molecular complexity index is 1580. The monoisotopic (exact) mass is 382 g/mol. The molecule has 5 aromatic rings. The predicted molar refractivity (Wildman–Crippen MR) is 129 cm³/mol. The molecule has 0 nitrogen and oxygen atoms in total. The highest BCUT2D eigenvalue weighted by atomic mass is 14.4. The molecule has 0 saturated heterocycles. The summed E-state index contributed by atoms with van der Waals surface area (Å²) >= 11 is 0. The molecule has 0 spiro atoms. The van der Waals surface area contributed by atoms with Gasteiger partial charge >= 0.3 is 0 Å². The number of hydrogen-bond acceptors (Lipinski definition) is 0. The number of rotatable bonds is 0. The maximum Gasteiger partial charge on any atom is 0.0159 e. The predicted octanol–water partition coefficient (Wildman–Crippen LogP) is 8.02. The number of hydrogen-bond donors (Lipinski definition) is 0. The van der Waals surface area contributed by atoms with E-state index in [0.29, 0.717) is 0 Å². The molecule has 142 valence electrons. The summed E-state index contributed by atoms with van der Waals surface area (Å²) in [6.45, 7) is 4.81. The van der Waals surface area contributed by atoms with Crippen LogP contribution in [0, 0.1) is 0 Å². The van der Waals surface area contributed by atoms with Crippen LogP contribution in [0.3, 0.4) is 0 Å². The Morgan fingerprint density at radius 1 is 0.667 bits per heavy atom. The van der Waals surface area contributed by atoms with E-state index in [4.69, 9.17) is 0 Å². The summed E-state index contributed by atoms with van der Waals surface area (Å²) in [6.07, 6.45) is 5.62. The minimum Gasteiger partial charge on any atom is -0.0795 e. The lowest BCUT2D eigenvalue weighted by Crippen LogP contribution is -2.24. The molecule has 0 atom stereocenters. The summed E-state index contributed by atoms with van der Waals surface area (Å²) in [5.41, 5.74) is 8.56. The second kappa shape index (κ2) is 5.40. The highest BCUT2D eigenvalue weighted by Crippen LogP contribution is 2.54. The zero-order chi connectivity index (χ0) is 20.0. The van der Waals surface area contributed by atoms with E-state index in [1.807, 2.05) is 0 Å². The molecule has 2 aliphatic carbocycles.